The molecule has 6 heteroatoms. The van der Waals surface area contributed by atoms with Gasteiger partial charge in [0.05, 0.1) is 24.9 Å². The predicted molar refractivity (Wildman–Crippen MR) is 130 cm³/mol. The highest BCUT2D eigenvalue weighted by atomic mass is 32.2. The van der Waals surface area contributed by atoms with Gasteiger partial charge in [0, 0.05) is 24.5 Å². The zero-order valence-electron chi connectivity index (χ0n) is 19.3. The molecule has 0 heterocycles. The van der Waals surface area contributed by atoms with E-state index in [9.17, 15) is 13.2 Å². The van der Waals surface area contributed by atoms with Crippen molar-refractivity contribution in [3.8, 4) is 11.5 Å². The maximum atomic E-state index is 12.9. The van der Waals surface area contributed by atoms with Crippen LogP contribution in [0.4, 0.5) is 0 Å². The Labute approximate surface area is 196 Å². The number of benzene rings is 3. The van der Waals surface area contributed by atoms with Gasteiger partial charge in [-0.15, -0.1) is 0 Å². The van der Waals surface area contributed by atoms with E-state index in [1.54, 1.807) is 49.6 Å². The number of ether oxygens (including phenoxy) is 2. The van der Waals surface area contributed by atoms with Crippen LogP contribution in [0.25, 0.3) is 0 Å². The van der Waals surface area contributed by atoms with Crippen molar-refractivity contribution in [1.82, 2.24) is 0 Å². The van der Waals surface area contributed by atoms with Gasteiger partial charge in [0.25, 0.3) is 0 Å². The van der Waals surface area contributed by atoms with Crippen molar-refractivity contribution in [2.75, 3.05) is 14.2 Å². The van der Waals surface area contributed by atoms with Crippen molar-refractivity contribution >= 4 is 15.6 Å². The SMILES string of the molecule is COc1ccc(CS(=O)(=O)c2ccc(CC(=O)CCCc3ccc(C)cc3)cc2)c(OC)c1. The van der Waals surface area contributed by atoms with E-state index in [1.165, 1.54) is 18.2 Å². The third kappa shape index (κ3) is 6.93. The first-order valence-electron chi connectivity index (χ1n) is 10.9. The lowest BCUT2D eigenvalue weighted by atomic mass is 10.0. The highest BCUT2D eigenvalue weighted by Gasteiger charge is 2.18. The molecule has 0 bridgehead atoms. The number of carbonyl (C=O) groups excluding carboxylic acids is 1. The van der Waals surface area contributed by atoms with E-state index < -0.39 is 9.84 Å². The fraction of sp³-hybridized carbons (Fsp3) is 0.296. The number of aryl methyl sites for hydroxylation is 2. The standard InChI is InChI=1S/C27H30O5S/c1-20-7-9-21(10-8-20)5-4-6-24(28)17-22-11-15-26(16-12-22)33(29,30)19-23-13-14-25(31-2)18-27(23)32-3/h7-16,18H,4-6,17,19H2,1-3H3. The molecular weight excluding hydrogens is 436 g/mol. The first-order valence-corrected chi connectivity index (χ1v) is 12.6. The molecule has 0 spiro atoms. The van der Waals surface area contributed by atoms with Gasteiger partial charge < -0.3 is 9.47 Å². The van der Waals surface area contributed by atoms with Crippen molar-refractivity contribution < 1.29 is 22.7 Å². The Morgan fingerprint density at radius 1 is 0.848 bits per heavy atom. The molecule has 0 atom stereocenters. The quantitative estimate of drug-likeness (QED) is 0.392. The Kier molecular flexibility index (Phi) is 8.28. The number of hydrogen-bond acceptors (Lipinski definition) is 5. The second-order valence-corrected chi connectivity index (χ2v) is 10.1. The number of Topliss-reactive ketones (excluding diaryl/α,β-unsaturated/α-hetero) is 1. The molecule has 0 N–H and O–H groups in total. The van der Waals surface area contributed by atoms with Gasteiger partial charge in [-0.2, -0.15) is 0 Å². The second-order valence-electron chi connectivity index (χ2n) is 8.14. The number of methoxy groups -OCH3 is 2. The topological polar surface area (TPSA) is 69.7 Å². The Balaban J connectivity index is 1.57. The largest absolute Gasteiger partial charge is 0.497 e. The maximum absolute atomic E-state index is 12.9. The Morgan fingerprint density at radius 3 is 2.15 bits per heavy atom. The molecule has 0 saturated carbocycles. The number of hydrogen-bond donors (Lipinski definition) is 0. The Morgan fingerprint density at radius 2 is 1.52 bits per heavy atom. The van der Waals surface area contributed by atoms with Gasteiger partial charge in [-0.25, -0.2) is 8.42 Å². The molecule has 174 valence electrons. The minimum atomic E-state index is -3.56. The minimum Gasteiger partial charge on any atom is -0.497 e. The molecule has 3 aromatic rings. The van der Waals surface area contributed by atoms with E-state index in [2.05, 4.69) is 31.2 Å². The van der Waals surface area contributed by atoms with Crippen LogP contribution in [0.5, 0.6) is 11.5 Å². The zero-order valence-corrected chi connectivity index (χ0v) is 20.2. The lowest BCUT2D eigenvalue weighted by Gasteiger charge is -2.11. The van der Waals surface area contributed by atoms with Crippen molar-refractivity contribution in [3.63, 3.8) is 0 Å². The van der Waals surface area contributed by atoms with Crippen molar-refractivity contribution in [2.45, 2.75) is 43.3 Å². The molecular formula is C27H30O5S. The first-order chi connectivity index (χ1) is 15.8. The van der Waals surface area contributed by atoms with Gasteiger partial charge in [-0.1, -0.05) is 48.0 Å². The number of ketones is 1. The zero-order chi connectivity index (χ0) is 23.8. The third-order valence-corrected chi connectivity index (χ3v) is 7.25. The van der Waals surface area contributed by atoms with Gasteiger partial charge in [0.2, 0.25) is 0 Å². The van der Waals surface area contributed by atoms with Crippen LogP contribution in [0.3, 0.4) is 0 Å². The highest BCUT2D eigenvalue weighted by Crippen LogP contribution is 2.28. The normalized spacial score (nSPS) is 11.2. The molecule has 0 aliphatic carbocycles. The molecule has 5 nitrogen and oxygen atoms in total. The monoisotopic (exact) mass is 466 g/mol. The second kappa shape index (κ2) is 11.1. The maximum Gasteiger partial charge on any atom is 0.182 e. The van der Waals surface area contributed by atoms with Gasteiger partial charge >= 0.3 is 0 Å². The molecule has 0 aliphatic heterocycles. The average molecular weight is 467 g/mol. The summed E-state index contributed by atoms with van der Waals surface area (Å²) in [5.74, 6) is 1.03. The fourth-order valence-corrected chi connectivity index (χ4v) is 5.00. The van der Waals surface area contributed by atoms with Gasteiger partial charge in [0.15, 0.2) is 9.84 Å². The molecule has 3 rings (SSSR count). The average Bonchev–Trinajstić information content (AvgIpc) is 2.81. The van der Waals surface area contributed by atoms with E-state index in [0.717, 1.165) is 18.4 Å². The first kappa shape index (κ1) is 24.5. The molecule has 3 aromatic carbocycles. The van der Waals surface area contributed by atoms with E-state index in [-0.39, 0.29) is 16.4 Å². The van der Waals surface area contributed by atoms with Crippen LogP contribution >= 0.6 is 0 Å². The summed E-state index contributed by atoms with van der Waals surface area (Å²) in [6.07, 6.45) is 2.49. The number of sulfone groups is 1. The van der Waals surface area contributed by atoms with Crippen LogP contribution in [-0.2, 0) is 33.2 Å². The van der Waals surface area contributed by atoms with Crippen LogP contribution in [0.15, 0.2) is 71.6 Å². The highest BCUT2D eigenvalue weighted by molar-refractivity contribution is 7.90. The van der Waals surface area contributed by atoms with Crippen molar-refractivity contribution in [1.29, 1.82) is 0 Å². The molecule has 0 amide bonds. The van der Waals surface area contributed by atoms with E-state index in [4.69, 9.17) is 9.47 Å². The number of rotatable bonds is 11. The Hall–Kier alpha value is -3.12. The van der Waals surface area contributed by atoms with E-state index >= 15 is 0 Å². The fourth-order valence-electron chi connectivity index (χ4n) is 3.63. The molecule has 0 fully saturated rings. The van der Waals surface area contributed by atoms with E-state index in [1.807, 2.05) is 0 Å². The molecule has 0 saturated heterocycles. The predicted octanol–water partition coefficient (Wildman–Crippen LogP) is 5.12. The van der Waals surface area contributed by atoms with Gasteiger partial charge in [0.1, 0.15) is 17.3 Å². The smallest absolute Gasteiger partial charge is 0.182 e. The minimum absolute atomic E-state index is 0.153. The Bertz CT molecular complexity index is 1180. The summed E-state index contributed by atoms with van der Waals surface area (Å²) in [5, 5.41) is 0. The number of carbonyl (C=O) groups is 1. The van der Waals surface area contributed by atoms with Crippen LogP contribution in [0, 0.1) is 6.92 Å². The molecule has 0 aromatic heterocycles. The molecule has 0 unspecified atom stereocenters. The summed E-state index contributed by atoms with van der Waals surface area (Å²) in [5.41, 5.74) is 3.84. The van der Waals surface area contributed by atoms with Crippen LogP contribution in [-0.4, -0.2) is 28.4 Å². The summed E-state index contributed by atoms with van der Waals surface area (Å²) in [6.45, 7) is 2.06. The van der Waals surface area contributed by atoms with Crippen LogP contribution in [0.2, 0.25) is 0 Å². The summed E-state index contributed by atoms with van der Waals surface area (Å²) < 4.78 is 36.3. The summed E-state index contributed by atoms with van der Waals surface area (Å²) in [6, 6.07) is 20.0. The van der Waals surface area contributed by atoms with Gasteiger partial charge in [-0.05, 0) is 49.1 Å². The molecule has 0 aliphatic rings. The van der Waals surface area contributed by atoms with Crippen LogP contribution in [0.1, 0.15) is 35.1 Å². The summed E-state index contributed by atoms with van der Waals surface area (Å²) in [4.78, 5) is 12.6. The van der Waals surface area contributed by atoms with E-state index in [0.29, 0.717) is 29.9 Å². The summed E-state index contributed by atoms with van der Waals surface area (Å²) >= 11 is 0. The van der Waals surface area contributed by atoms with Crippen molar-refractivity contribution in [3.05, 3.63) is 89.0 Å². The van der Waals surface area contributed by atoms with Crippen LogP contribution < -0.4 is 9.47 Å². The third-order valence-electron chi connectivity index (χ3n) is 5.57. The van der Waals surface area contributed by atoms with Gasteiger partial charge in [-0.3, -0.25) is 4.79 Å². The van der Waals surface area contributed by atoms with Crippen molar-refractivity contribution in [2.24, 2.45) is 0 Å². The lowest BCUT2D eigenvalue weighted by Crippen LogP contribution is -2.07. The summed E-state index contributed by atoms with van der Waals surface area (Å²) in [7, 11) is -0.524. The molecule has 0 radical (unpaired) electrons. The molecule has 33 heavy (non-hydrogen) atoms. The lowest BCUT2D eigenvalue weighted by molar-refractivity contribution is -0.118.